The van der Waals surface area contributed by atoms with Gasteiger partial charge in [0.25, 0.3) is 0 Å². The van der Waals surface area contributed by atoms with Gasteiger partial charge >= 0.3 is 0 Å². The van der Waals surface area contributed by atoms with Crippen molar-refractivity contribution in [1.82, 2.24) is 0 Å². The van der Waals surface area contributed by atoms with Crippen LogP contribution in [0.5, 0.6) is 5.75 Å². The summed E-state index contributed by atoms with van der Waals surface area (Å²) in [6, 6.07) is 12.8. The second kappa shape index (κ2) is 4.35. The molecule has 16 heavy (non-hydrogen) atoms. The fourth-order valence-electron chi connectivity index (χ4n) is 1.58. The first-order valence-electron chi connectivity index (χ1n) is 5.11. The van der Waals surface area contributed by atoms with Gasteiger partial charge in [0.2, 0.25) is 0 Å². The molecule has 0 atom stereocenters. The van der Waals surface area contributed by atoms with Gasteiger partial charge in [-0.3, -0.25) is 0 Å². The van der Waals surface area contributed by atoms with E-state index in [-0.39, 0.29) is 5.82 Å². The van der Waals surface area contributed by atoms with Crippen molar-refractivity contribution in [2.24, 2.45) is 0 Å². The van der Waals surface area contributed by atoms with Crippen molar-refractivity contribution >= 4 is 0 Å². The molecule has 0 aromatic heterocycles. The molecule has 2 aromatic rings. The minimum atomic E-state index is -0.180. The summed E-state index contributed by atoms with van der Waals surface area (Å²) < 4.78 is 18.6. The van der Waals surface area contributed by atoms with E-state index in [9.17, 15) is 4.39 Å². The molecule has 2 aromatic carbocycles. The number of rotatable bonds is 2. The Balaban J connectivity index is 2.46. The summed E-state index contributed by atoms with van der Waals surface area (Å²) in [6.07, 6.45) is 0. The molecule has 0 heterocycles. The van der Waals surface area contributed by atoms with E-state index in [0.29, 0.717) is 5.56 Å². The Labute approximate surface area is 94.5 Å². The van der Waals surface area contributed by atoms with Crippen molar-refractivity contribution in [3.63, 3.8) is 0 Å². The lowest BCUT2D eigenvalue weighted by atomic mass is 10.0. The van der Waals surface area contributed by atoms with Crippen LogP contribution >= 0.6 is 0 Å². The van der Waals surface area contributed by atoms with Crippen LogP contribution in [0.3, 0.4) is 0 Å². The largest absolute Gasteiger partial charge is 0.497 e. The van der Waals surface area contributed by atoms with Gasteiger partial charge in [0.15, 0.2) is 0 Å². The summed E-state index contributed by atoms with van der Waals surface area (Å²) in [5.74, 6) is 0.596. The molecule has 0 N–H and O–H groups in total. The molecule has 0 bridgehead atoms. The highest BCUT2D eigenvalue weighted by Gasteiger charge is 2.02. The van der Waals surface area contributed by atoms with Gasteiger partial charge in [-0.1, -0.05) is 24.3 Å². The van der Waals surface area contributed by atoms with Crippen LogP contribution in [0.25, 0.3) is 11.1 Å². The summed E-state index contributed by atoms with van der Waals surface area (Å²) in [5.41, 5.74) is 2.48. The van der Waals surface area contributed by atoms with Crippen molar-refractivity contribution in [2.45, 2.75) is 6.92 Å². The first-order chi connectivity index (χ1) is 7.70. The maximum absolute atomic E-state index is 13.4. The Bertz CT molecular complexity index is 506. The molecule has 0 saturated heterocycles. The quantitative estimate of drug-likeness (QED) is 0.741. The number of methoxy groups -OCH3 is 1. The van der Waals surface area contributed by atoms with Crippen LogP contribution in [-0.2, 0) is 0 Å². The molecule has 0 unspecified atom stereocenters. The maximum Gasteiger partial charge on any atom is 0.126 e. The molecule has 0 amide bonds. The fourth-order valence-corrected chi connectivity index (χ4v) is 1.58. The van der Waals surface area contributed by atoms with Crippen LogP contribution in [0.2, 0.25) is 0 Å². The number of ether oxygens (including phenoxy) is 1. The molecule has 2 rings (SSSR count). The standard InChI is InChI=1S/C14H13FO/c1-10-6-7-12(9-14(10)15)11-4-3-5-13(8-11)16-2/h3-9H,1-2H3. The van der Waals surface area contributed by atoms with Gasteiger partial charge < -0.3 is 4.74 Å². The zero-order valence-corrected chi connectivity index (χ0v) is 9.33. The summed E-state index contributed by atoms with van der Waals surface area (Å²) in [6.45, 7) is 1.75. The Morgan fingerprint density at radius 2 is 1.75 bits per heavy atom. The zero-order valence-electron chi connectivity index (χ0n) is 9.33. The van der Waals surface area contributed by atoms with Gasteiger partial charge in [-0.2, -0.15) is 0 Å². The Morgan fingerprint density at radius 1 is 1.00 bits per heavy atom. The molecule has 0 aliphatic carbocycles. The number of aryl methyl sites for hydroxylation is 1. The smallest absolute Gasteiger partial charge is 0.126 e. The molecule has 0 radical (unpaired) electrons. The lowest BCUT2D eigenvalue weighted by Crippen LogP contribution is -1.86. The molecule has 82 valence electrons. The van der Waals surface area contributed by atoms with E-state index in [2.05, 4.69) is 0 Å². The molecule has 0 saturated carbocycles. The van der Waals surface area contributed by atoms with Gasteiger partial charge in [-0.25, -0.2) is 4.39 Å². The third kappa shape index (κ3) is 2.06. The van der Waals surface area contributed by atoms with Gasteiger partial charge in [0.1, 0.15) is 11.6 Å². The lowest BCUT2D eigenvalue weighted by molar-refractivity contribution is 0.415. The van der Waals surface area contributed by atoms with Crippen molar-refractivity contribution in [2.75, 3.05) is 7.11 Å². The topological polar surface area (TPSA) is 9.23 Å². The second-order valence-corrected chi connectivity index (χ2v) is 3.70. The highest BCUT2D eigenvalue weighted by molar-refractivity contribution is 5.65. The van der Waals surface area contributed by atoms with E-state index >= 15 is 0 Å². The van der Waals surface area contributed by atoms with Gasteiger partial charge in [-0.15, -0.1) is 0 Å². The third-order valence-electron chi connectivity index (χ3n) is 2.57. The van der Waals surface area contributed by atoms with E-state index < -0.39 is 0 Å². The van der Waals surface area contributed by atoms with Gasteiger partial charge in [0.05, 0.1) is 7.11 Å². The van der Waals surface area contributed by atoms with Crippen molar-refractivity contribution in [1.29, 1.82) is 0 Å². The maximum atomic E-state index is 13.4. The molecule has 2 heteroatoms. The molecule has 1 nitrogen and oxygen atoms in total. The second-order valence-electron chi connectivity index (χ2n) is 3.70. The SMILES string of the molecule is COc1cccc(-c2ccc(C)c(F)c2)c1. The van der Waals surface area contributed by atoms with E-state index in [1.165, 1.54) is 0 Å². The fraction of sp³-hybridized carbons (Fsp3) is 0.143. The van der Waals surface area contributed by atoms with Crippen LogP contribution in [0.15, 0.2) is 42.5 Å². The van der Waals surface area contributed by atoms with Crippen LogP contribution in [0.4, 0.5) is 4.39 Å². The van der Waals surface area contributed by atoms with E-state index in [4.69, 9.17) is 4.74 Å². The van der Waals surface area contributed by atoms with Gasteiger partial charge in [0, 0.05) is 0 Å². The van der Waals surface area contributed by atoms with Crippen molar-refractivity contribution < 1.29 is 9.13 Å². The Morgan fingerprint density at radius 3 is 2.44 bits per heavy atom. The van der Waals surface area contributed by atoms with Gasteiger partial charge in [-0.05, 0) is 41.8 Å². The molecule has 0 aliphatic heterocycles. The lowest BCUT2D eigenvalue weighted by Gasteiger charge is -2.05. The third-order valence-corrected chi connectivity index (χ3v) is 2.57. The summed E-state index contributed by atoms with van der Waals surface area (Å²) in [7, 11) is 1.62. The monoisotopic (exact) mass is 216 g/mol. The predicted octanol–water partition coefficient (Wildman–Crippen LogP) is 3.81. The van der Waals surface area contributed by atoms with Crippen LogP contribution < -0.4 is 4.74 Å². The summed E-state index contributed by atoms with van der Waals surface area (Å²) in [5, 5.41) is 0. The summed E-state index contributed by atoms with van der Waals surface area (Å²) in [4.78, 5) is 0. The number of benzene rings is 2. The minimum absolute atomic E-state index is 0.180. The average Bonchev–Trinajstić information content (AvgIpc) is 2.33. The first kappa shape index (κ1) is 10.7. The average molecular weight is 216 g/mol. The Kier molecular flexibility index (Phi) is 2.91. The van der Waals surface area contributed by atoms with Crippen molar-refractivity contribution in [3.05, 3.63) is 53.8 Å². The highest BCUT2D eigenvalue weighted by atomic mass is 19.1. The van der Waals surface area contributed by atoms with Crippen molar-refractivity contribution in [3.8, 4) is 16.9 Å². The number of hydrogen-bond donors (Lipinski definition) is 0. The minimum Gasteiger partial charge on any atom is -0.497 e. The van der Waals surface area contributed by atoms with Crippen LogP contribution in [0, 0.1) is 12.7 Å². The Hall–Kier alpha value is -1.83. The number of halogens is 1. The van der Waals surface area contributed by atoms with E-state index in [1.807, 2.05) is 30.3 Å². The van der Waals surface area contributed by atoms with Crippen LogP contribution in [-0.4, -0.2) is 7.11 Å². The molecule has 0 aliphatic rings. The normalized spacial score (nSPS) is 10.2. The molecule has 0 fully saturated rings. The summed E-state index contributed by atoms with van der Waals surface area (Å²) >= 11 is 0. The number of hydrogen-bond acceptors (Lipinski definition) is 1. The molecular weight excluding hydrogens is 203 g/mol. The first-order valence-corrected chi connectivity index (χ1v) is 5.11. The predicted molar refractivity (Wildman–Crippen MR) is 63.1 cm³/mol. The van der Waals surface area contributed by atoms with E-state index in [1.54, 1.807) is 26.2 Å². The zero-order chi connectivity index (χ0) is 11.5. The highest BCUT2D eigenvalue weighted by Crippen LogP contribution is 2.25. The van der Waals surface area contributed by atoms with Crippen LogP contribution in [0.1, 0.15) is 5.56 Å². The van der Waals surface area contributed by atoms with E-state index in [0.717, 1.165) is 16.9 Å². The molecular formula is C14H13FO. The molecule has 0 spiro atoms.